The van der Waals surface area contributed by atoms with E-state index in [9.17, 15) is 156 Å². The number of nitriles is 6. The summed E-state index contributed by atoms with van der Waals surface area (Å²) in [5.41, 5.74) is -3.52. The smallest absolute Gasteiger partial charge is 0.315 e. The molecule has 18 N–H and O–H groups in total. The Morgan fingerprint density at radius 3 is 0.940 bits per heavy atom. The summed E-state index contributed by atoms with van der Waals surface area (Å²) in [7, 11) is 0. The highest BCUT2D eigenvalue weighted by Crippen LogP contribution is 2.43. The molecule has 4 aromatic heterocycles. The largest absolute Gasteiger partial charge is 0.504 e. The Labute approximate surface area is 835 Å². The lowest BCUT2D eigenvalue weighted by Gasteiger charge is -2.05. The van der Waals surface area contributed by atoms with Crippen molar-refractivity contribution < 1.29 is 120 Å². The molecule has 0 unspecified atom stereocenters. The second-order valence-corrected chi connectivity index (χ2v) is 29.6. The number of benzene rings is 9. The lowest BCUT2D eigenvalue weighted by Crippen LogP contribution is -2.24. The van der Waals surface area contributed by atoms with E-state index >= 15 is 0 Å². The summed E-state index contributed by atoms with van der Waals surface area (Å²) in [5, 5.41) is 249. The summed E-state index contributed by atoms with van der Waals surface area (Å²) >= 11 is 1.23. The fraction of sp³-hybridized carbons (Fsp3) is 0.0213. The van der Waals surface area contributed by atoms with Crippen LogP contribution in [0, 0.1) is 129 Å². The topological polar surface area (TPSA) is 896 Å². The standard InChI is InChI=1S/C17H10N4O5S.C17H13N3O5.C16H11N3O5.C15H11N5O5.C15H10N4O5.C14H9N5O5/c18-8-10(5-9-6-12(21(25)26)15(23)13(22)7-9)16(24)20-17-19-11-3-1-2-4-14(11)27-17;18-9-13(17(23)19-10-11-4-2-1-3-5-11)6-12-7-14(20(24)25)16(22)15(21)8-12;17-9-11(16(22)18-12-4-2-1-3-5-12)6-10-7-13(19(23)24)15(21)14(20)8-10;16-6-10(15(23)18-7-11-1-2-17-8-19-11)3-9-4-12(20(24)25)14(22)13(21)5-9;16-7-10(15(22)18-11-2-1-3-17-8-11)4-9-5-12(19(23)24)14(21)13(20)6-9;15-6-9(14(22)18-12-1-2-16-7-17-12)3-8-4-10(19(23)24)13(21)11(20)5-8/h1-7,22-23H,(H,19,20,24);1-8,21-22H,10H2,(H,19,23);1-8,20-21H,(H,18,22);1-5,8,21-22H,7H2,(H,18,23);1-6,8,20-21H,(H,18,22);1-5,7,20-21H,(H,16,17,18,22)/b10-5+;13-6+;11-6+;10-3+;10-4+;9-3+. The number of thiazole rings is 1. The second-order valence-electron chi connectivity index (χ2n) is 28.6. The molecule has 0 radical (unpaired) electrons. The van der Waals surface area contributed by atoms with Crippen LogP contribution in [0.5, 0.6) is 69.0 Å². The Bertz CT molecular complexity index is 7380. The van der Waals surface area contributed by atoms with Gasteiger partial charge in [0.1, 0.15) is 88.3 Å². The molecule has 13 rings (SSSR count). The molecule has 0 aliphatic rings. The number of anilines is 4. The summed E-state index contributed by atoms with van der Waals surface area (Å²) in [6, 6.07) is 52.6. The number of hydrogen-bond acceptors (Lipinski definition) is 43. The number of nitrogens with zero attached hydrogens (tertiary/aromatic N) is 18. The van der Waals surface area contributed by atoms with Crippen molar-refractivity contribution in [3.8, 4) is 105 Å². The number of hydrogen-bond donors (Lipinski definition) is 18. The molecule has 0 spiro atoms. The minimum atomic E-state index is -0.903. The zero-order chi connectivity index (χ0) is 109. The molecule has 0 aliphatic carbocycles. The van der Waals surface area contributed by atoms with Crippen LogP contribution in [0.3, 0.4) is 0 Å². The summed E-state index contributed by atoms with van der Waals surface area (Å²) < 4.78 is 0.856. The van der Waals surface area contributed by atoms with E-state index in [1.165, 1.54) is 54.8 Å². The fourth-order valence-electron chi connectivity index (χ4n) is 11.5. The van der Waals surface area contributed by atoms with E-state index in [4.69, 9.17) is 26.3 Å². The molecule has 0 saturated carbocycles. The van der Waals surface area contributed by atoms with Crippen LogP contribution in [-0.2, 0) is 41.9 Å². The van der Waals surface area contributed by atoms with Crippen LogP contribution in [-0.4, -0.2) is 156 Å². The predicted molar refractivity (Wildman–Crippen MR) is 519 cm³/mol. The van der Waals surface area contributed by atoms with Gasteiger partial charge in [-0.05, 0) is 160 Å². The maximum Gasteiger partial charge on any atom is 0.315 e. The zero-order valence-corrected chi connectivity index (χ0v) is 75.7. The number of phenolic OH excluding ortho intramolecular Hbond substituents is 12. The van der Waals surface area contributed by atoms with Crippen LogP contribution in [0.1, 0.15) is 44.6 Å². The van der Waals surface area contributed by atoms with E-state index in [2.05, 4.69) is 61.8 Å². The van der Waals surface area contributed by atoms with Gasteiger partial charge < -0.3 is 87.9 Å². The van der Waals surface area contributed by atoms with Crippen LogP contribution in [0.15, 0.2) is 253 Å². The Hall–Kier alpha value is -23.6. The summed E-state index contributed by atoms with van der Waals surface area (Å²) in [6.45, 7) is 0.265. The van der Waals surface area contributed by atoms with Gasteiger partial charge >= 0.3 is 34.1 Å². The average Bonchev–Trinajstić information content (AvgIpc) is 1.83. The van der Waals surface area contributed by atoms with E-state index in [-0.39, 0.29) is 85.7 Å². The highest BCUT2D eigenvalue weighted by molar-refractivity contribution is 7.22. The molecule has 6 amide bonds. The molecule has 9 aromatic carbocycles. The van der Waals surface area contributed by atoms with Gasteiger partial charge in [-0.15, -0.1) is 0 Å². The summed E-state index contributed by atoms with van der Waals surface area (Å²) in [6.07, 6.45) is 14.6. The zero-order valence-electron chi connectivity index (χ0n) is 74.8. The predicted octanol–water partition coefficient (Wildman–Crippen LogP) is 12.3. The van der Waals surface area contributed by atoms with E-state index in [1.807, 2.05) is 18.2 Å². The lowest BCUT2D eigenvalue weighted by molar-refractivity contribution is -0.386. The van der Waals surface area contributed by atoms with Gasteiger partial charge in [-0.2, -0.15) is 31.6 Å². The number of phenols is 12. The molecular weight excluding hydrogens is 1980 g/mol. The van der Waals surface area contributed by atoms with Gasteiger partial charge in [0.05, 0.1) is 63.9 Å². The SMILES string of the molecule is N#C/C(=C\c1cc(O)c(O)c([N+](=O)[O-])c1)C(=O)NCc1ccccc1.N#C/C(=C\c1cc(O)c(O)c([N+](=O)[O-])c1)C(=O)NCc1ccncn1.N#C/C(=C\c1cc(O)c(O)c([N+](=O)[O-])c1)C(=O)Nc1ccccc1.N#C/C(=C\c1cc(O)c(O)c([N+](=O)[O-])c1)C(=O)Nc1cccnc1.N#C/C(=C\c1cc(O)c(O)c([N+](=O)[O-])c1)C(=O)Nc1ccncn1.N#C/C(=C\c1cc(O)c(O)c([N+](=O)[O-])c1)C(=O)Nc1nc2ccccc2s1. The van der Waals surface area contributed by atoms with Crippen LogP contribution in [0.25, 0.3) is 46.7 Å². The lowest BCUT2D eigenvalue weighted by atomic mass is 10.1. The van der Waals surface area contributed by atoms with Crippen molar-refractivity contribution in [2.45, 2.75) is 13.1 Å². The van der Waals surface area contributed by atoms with E-state index in [1.54, 1.807) is 121 Å². The van der Waals surface area contributed by atoms with Crippen LogP contribution < -0.4 is 31.9 Å². The Morgan fingerprint density at radius 2 is 0.624 bits per heavy atom. The molecular formula is C94H64N24O30S. The number of para-hydroxylation sites is 2. The van der Waals surface area contributed by atoms with Crippen LogP contribution in [0.2, 0.25) is 0 Å². The first-order valence-corrected chi connectivity index (χ1v) is 41.4. The molecule has 55 heteroatoms. The first kappa shape index (κ1) is 111. The molecule has 0 fully saturated rings. The quantitative estimate of drug-likeness (QED) is 0.00787. The molecule has 149 heavy (non-hydrogen) atoms. The first-order chi connectivity index (χ1) is 71.0. The van der Waals surface area contributed by atoms with Crippen molar-refractivity contribution >= 4 is 150 Å². The number of fused-ring (bicyclic) bond motifs is 1. The van der Waals surface area contributed by atoms with E-state index < -0.39 is 168 Å². The minimum absolute atomic E-state index is 0.00741. The van der Waals surface area contributed by atoms with Crippen LogP contribution >= 0.6 is 11.3 Å². The average molecular weight is 2040 g/mol. The number of aromatic nitrogens is 6. The van der Waals surface area contributed by atoms with Crippen LogP contribution in [0.4, 0.5) is 56.4 Å². The maximum absolute atomic E-state index is 12.3. The Morgan fingerprint density at radius 1 is 0.322 bits per heavy atom. The van der Waals surface area contributed by atoms with Gasteiger partial charge in [0.25, 0.3) is 35.4 Å². The number of nitro groups is 6. The highest BCUT2D eigenvalue weighted by Gasteiger charge is 2.28. The Balaban J connectivity index is 0.000000218. The van der Waals surface area contributed by atoms with Crippen molar-refractivity contribution in [2.24, 2.45) is 0 Å². The number of carbonyl (C=O) groups is 6. The van der Waals surface area contributed by atoms with Crippen molar-refractivity contribution in [1.82, 2.24) is 40.5 Å². The fourth-order valence-corrected chi connectivity index (χ4v) is 12.4. The van der Waals surface area contributed by atoms with Gasteiger partial charge in [-0.25, -0.2) is 24.9 Å². The highest BCUT2D eigenvalue weighted by atomic mass is 32.1. The van der Waals surface area contributed by atoms with Crippen molar-refractivity contribution in [2.75, 3.05) is 21.3 Å². The molecule has 13 aromatic rings. The summed E-state index contributed by atoms with van der Waals surface area (Å²) in [4.78, 5) is 155. The molecule has 0 bridgehead atoms. The van der Waals surface area contributed by atoms with Gasteiger partial charge in [0, 0.05) is 67.2 Å². The number of carbonyl (C=O) groups excluding carboxylic acids is 6. The van der Waals surface area contributed by atoms with Gasteiger partial charge in [-0.3, -0.25) is 99.8 Å². The number of rotatable bonds is 26. The number of nitrogens with one attached hydrogen (secondary N) is 6. The third-order valence-electron chi connectivity index (χ3n) is 18.4. The molecule has 0 atom stereocenters. The third kappa shape index (κ3) is 32.0. The molecule has 746 valence electrons. The molecule has 54 nitrogen and oxygen atoms in total. The van der Waals surface area contributed by atoms with Gasteiger partial charge in [-0.1, -0.05) is 72.0 Å². The first-order valence-electron chi connectivity index (χ1n) is 40.6. The molecule has 4 heterocycles. The molecule has 0 aliphatic heterocycles. The normalized spacial score (nSPS) is 10.8. The molecule has 0 saturated heterocycles. The summed E-state index contributed by atoms with van der Waals surface area (Å²) in [5.74, 6) is -14.0. The van der Waals surface area contributed by atoms with Crippen molar-refractivity contribution in [3.05, 3.63) is 358 Å². The van der Waals surface area contributed by atoms with Gasteiger partial charge in [0.15, 0.2) is 39.6 Å². The van der Waals surface area contributed by atoms with E-state index in [0.717, 1.165) is 120 Å². The number of aromatic hydroxyl groups is 12. The van der Waals surface area contributed by atoms with Gasteiger partial charge in [0.2, 0.25) is 34.5 Å². The Kier molecular flexibility index (Phi) is 39.2. The number of pyridine rings is 1. The third-order valence-corrected chi connectivity index (χ3v) is 19.4. The van der Waals surface area contributed by atoms with E-state index in [0.29, 0.717) is 27.7 Å². The monoisotopic (exact) mass is 2040 g/mol. The second kappa shape index (κ2) is 52.8. The van der Waals surface area contributed by atoms with Crippen molar-refractivity contribution in [3.63, 3.8) is 0 Å². The maximum atomic E-state index is 12.3. The number of nitro benzene ring substituents is 6. The number of amides is 6. The minimum Gasteiger partial charge on any atom is -0.504 e. The van der Waals surface area contributed by atoms with Crippen molar-refractivity contribution in [1.29, 1.82) is 31.6 Å².